The van der Waals surface area contributed by atoms with Gasteiger partial charge in [-0.1, -0.05) is 15.9 Å². The summed E-state index contributed by atoms with van der Waals surface area (Å²) in [5, 5.41) is 0. The van der Waals surface area contributed by atoms with Crippen molar-refractivity contribution in [2.45, 2.75) is 31.8 Å². The number of aryl methyl sites for hydroxylation is 2. The van der Waals surface area contributed by atoms with Crippen molar-refractivity contribution in [2.24, 2.45) is 5.73 Å². The van der Waals surface area contributed by atoms with Crippen LogP contribution in [0.5, 0.6) is 0 Å². The first-order valence-corrected chi connectivity index (χ1v) is 7.47. The van der Waals surface area contributed by atoms with E-state index in [9.17, 15) is 9.59 Å². The van der Waals surface area contributed by atoms with Crippen molar-refractivity contribution in [1.82, 2.24) is 0 Å². The molecular weight excluding hydrogens is 330 g/mol. The minimum atomic E-state index is -0.888. The van der Waals surface area contributed by atoms with Crippen molar-refractivity contribution < 1.29 is 14.3 Å². The molecule has 1 atom stereocenters. The van der Waals surface area contributed by atoms with Gasteiger partial charge in [0.25, 0.3) is 5.91 Å². The third-order valence-corrected chi connectivity index (χ3v) is 4.50. The highest BCUT2D eigenvalue weighted by Gasteiger charge is 2.15. The maximum atomic E-state index is 11.5. The minimum absolute atomic E-state index is 0.152. The average molecular weight is 346 g/mol. The van der Waals surface area contributed by atoms with Crippen LogP contribution in [0, 0.1) is 13.8 Å². The molecule has 0 aromatic heterocycles. The third-order valence-electron chi connectivity index (χ3n) is 2.51. The van der Waals surface area contributed by atoms with Crippen LogP contribution in [-0.4, -0.2) is 23.7 Å². The summed E-state index contributed by atoms with van der Waals surface area (Å²) in [6.45, 7) is 5.42. The van der Waals surface area contributed by atoms with Crippen LogP contribution in [0.1, 0.15) is 18.1 Å². The number of carbonyl (C=O) groups is 2. The number of amides is 1. The topological polar surface area (TPSA) is 69.4 Å². The lowest BCUT2D eigenvalue weighted by atomic mass is 10.2. The van der Waals surface area contributed by atoms with Gasteiger partial charge in [-0.25, -0.2) is 0 Å². The number of hydrogen-bond acceptors (Lipinski definition) is 4. The van der Waals surface area contributed by atoms with Gasteiger partial charge in [-0.2, -0.15) is 0 Å². The normalized spacial score (nSPS) is 12.0. The fourth-order valence-electron chi connectivity index (χ4n) is 1.34. The number of hydrogen-bond donors (Lipinski definition) is 1. The van der Waals surface area contributed by atoms with E-state index < -0.39 is 18.0 Å². The first kappa shape index (κ1) is 16.0. The van der Waals surface area contributed by atoms with E-state index >= 15 is 0 Å². The molecule has 0 radical (unpaired) electrons. The van der Waals surface area contributed by atoms with Gasteiger partial charge in [0.05, 0.1) is 5.75 Å². The molecule has 0 saturated heterocycles. The molecule has 0 fully saturated rings. The Labute approximate surface area is 125 Å². The molecule has 0 heterocycles. The molecule has 1 aromatic carbocycles. The number of halogens is 1. The molecule has 0 aliphatic carbocycles. The first-order chi connectivity index (χ1) is 8.81. The summed E-state index contributed by atoms with van der Waals surface area (Å²) in [6.07, 6.45) is -0.888. The quantitative estimate of drug-likeness (QED) is 0.657. The standard InChI is InChI=1S/C13H16BrNO3S/c1-7-5-11(8(2)4-10(7)14)19-6-12(16)18-9(3)13(15)17/h4-5,9H,6H2,1-3H3,(H2,15,17)/t9-/m1/s1. The van der Waals surface area contributed by atoms with Crippen LogP contribution in [0.25, 0.3) is 0 Å². The molecule has 0 bridgehead atoms. The summed E-state index contributed by atoms with van der Waals surface area (Å²) < 4.78 is 5.92. The first-order valence-electron chi connectivity index (χ1n) is 5.69. The molecule has 1 amide bonds. The Bertz CT molecular complexity index is 505. The molecule has 0 aliphatic heterocycles. The van der Waals surface area contributed by atoms with E-state index in [1.54, 1.807) is 0 Å². The highest BCUT2D eigenvalue weighted by molar-refractivity contribution is 9.10. The van der Waals surface area contributed by atoms with Crippen molar-refractivity contribution in [3.05, 3.63) is 27.7 Å². The van der Waals surface area contributed by atoms with Crippen molar-refractivity contribution in [1.29, 1.82) is 0 Å². The van der Waals surface area contributed by atoms with Gasteiger partial charge in [0, 0.05) is 9.37 Å². The largest absolute Gasteiger partial charge is 0.452 e. The molecule has 0 saturated carbocycles. The lowest BCUT2D eigenvalue weighted by Crippen LogP contribution is -2.31. The second kappa shape index (κ2) is 6.96. The van der Waals surface area contributed by atoms with Crippen LogP contribution in [-0.2, 0) is 14.3 Å². The molecule has 4 nitrogen and oxygen atoms in total. The molecule has 0 aliphatic rings. The zero-order valence-electron chi connectivity index (χ0n) is 11.0. The summed E-state index contributed by atoms with van der Waals surface area (Å²) in [4.78, 5) is 23.3. The SMILES string of the molecule is Cc1cc(SCC(=O)O[C@H](C)C(N)=O)c(C)cc1Br. The average Bonchev–Trinajstić information content (AvgIpc) is 2.32. The van der Waals surface area contributed by atoms with Gasteiger partial charge in [0.15, 0.2) is 6.10 Å². The van der Waals surface area contributed by atoms with E-state index in [4.69, 9.17) is 10.5 Å². The molecule has 2 N–H and O–H groups in total. The molecule has 0 unspecified atom stereocenters. The fourth-order valence-corrected chi connectivity index (χ4v) is 2.68. The number of primary amides is 1. The van der Waals surface area contributed by atoms with Crippen molar-refractivity contribution in [2.75, 3.05) is 5.75 Å². The van der Waals surface area contributed by atoms with Gasteiger partial charge in [0.1, 0.15) is 0 Å². The van der Waals surface area contributed by atoms with Gasteiger partial charge in [0.2, 0.25) is 0 Å². The Morgan fingerprint density at radius 3 is 2.58 bits per heavy atom. The van der Waals surface area contributed by atoms with Gasteiger partial charge < -0.3 is 10.5 Å². The Balaban J connectivity index is 2.60. The number of rotatable bonds is 5. The Hall–Kier alpha value is -1.01. The smallest absolute Gasteiger partial charge is 0.317 e. The maximum absolute atomic E-state index is 11.5. The predicted octanol–water partition coefficient (Wildman–Crippen LogP) is 2.58. The summed E-state index contributed by atoms with van der Waals surface area (Å²) in [6, 6.07) is 4.02. The van der Waals surface area contributed by atoms with Crippen LogP contribution in [0.4, 0.5) is 0 Å². The molecule has 1 rings (SSSR count). The van der Waals surface area contributed by atoms with Gasteiger partial charge >= 0.3 is 5.97 Å². The number of nitrogens with two attached hydrogens (primary N) is 1. The fraction of sp³-hybridized carbons (Fsp3) is 0.385. The third kappa shape index (κ3) is 4.87. The summed E-state index contributed by atoms with van der Waals surface area (Å²) in [5.41, 5.74) is 7.21. The van der Waals surface area contributed by atoms with E-state index in [1.807, 2.05) is 26.0 Å². The van der Waals surface area contributed by atoms with Gasteiger partial charge in [-0.15, -0.1) is 11.8 Å². The van der Waals surface area contributed by atoms with Crippen LogP contribution in [0.2, 0.25) is 0 Å². The number of ether oxygens (including phenoxy) is 1. The lowest BCUT2D eigenvalue weighted by molar-refractivity contribution is -0.151. The van der Waals surface area contributed by atoms with Gasteiger partial charge in [-0.05, 0) is 44.0 Å². The highest BCUT2D eigenvalue weighted by Crippen LogP contribution is 2.28. The van der Waals surface area contributed by atoms with E-state index in [-0.39, 0.29) is 5.75 Å². The van der Waals surface area contributed by atoms with Crippen molar-refractivity contribution in [3.63, 3.8) is 0 Å². The van der Waals surface area contributed by atoms with E-state index in [0.29, 0.717) is 0 Å². The van der Waals surface area contributed by atoms with E-state index in [0.717, 1.165) is 20.5 Å². The summed E-state index contributed by atoms with van der Waals surface area (Å²) in [5.74, 6) is -0.940. The van der Waals surface area contributed by atoms with Crippen LogP contribution in [0.3, 0.4) is 0 Å². The molecule has 1 aromatic rings. The number of thioether (sulfide) groups is 1. The van der Waals surface area contributed by atoms with Gasteiger partial charge in [-0.3, -0.25) is 9.59 Å². The number of carbonyl (C=O) groups excluding carboxylic acids is 2. The molecular formula is C13H16BrNO3S. The Kier molecular flexibility index (Phi) is 5.87. The van der Waals surface area contributed by atoms with Crippen LogP contribution < -0.4 is 5.73 Å². The van der Waals surface area contributed by atoms with E-state index in [2.05, 4.69) is 15.9 Å². The Morgan fingerprint density at radius 2 is 2.00 bits per heavy atom. The number of esters is 1. The summed E-state index contributed by atoms with van der Waals surface area (Å²) in [7, 11) is 0. The molecule has 104 valence electrons. The second-order valence-electron chi connectivity index (χ2n) is 4.19. The Morgan fingerprint density at radius 1 is 1.37 bits per heavy atom. The van der Waals surface area contributed by atoms with E-state index in [1.165, 1.54) is 18.7 Å². The zero-order valence-corrected chi connectivity index (χ0v) is 13.4. The number of benzene rings is 1. The maximum Gasteiger partial charge on any atom is 0.317 e. The molecule has 0 spiro atoms. The van der Waals surface area contributed by atoms with Crippen molar-refractivity contribution >= 4 is 39.6 Å². The van der Waals surface area contributed by atoms with Crippen molar-refractivity contribution in [3.8, 4) is 0 Å². The zero-order chi connectivity index (χ0) is 14.6. The second-order valence-corrected chi connectivity index (χ2v) is 6.06. The minimum Gasteiger partial charge on any atom is -0.452 e. The monoisotopic (exact) mass is 345 g/mol. The predicted molar refractivity (Wildman–Crippen MR) is 79.1 cm³/mol. The highest BCUT2D eigenvalue weighted by atomic mass is 79.9. The lowest BCUT2D eigenvalue weighted by Gasteiger charge is -2.11. The summed E-state index contributed by atoms with van der Waals surface area (Å²) >= 11 is 4.84. The molecule has 6 heteroatoms. The van der Waals surface area contributed by atoms with Crippen LogP contribution >= 0.6 is 27.7 Å². The van der Waals surface area contributed by atoms with Crippen LogP contribution in [0.15, 0.2) is 21.5 Å². The molecule has 19 heavy (non-hydrogen) atoms.